The van der Waals surface area contributed by atoms with Crippen LogP contribution in [0.4, 0.5) is 0 Å². The van der Waals surface area contributed by atoms with Crippen LogP contribution in [0.1, 0.15) is 27.2 Å². The van der Waals surface area contributed by atoms with E-state index in [0.717, 1.165) is 5.57 Å². The average molecular weight is 307 g/mol. The van der Waals surface area contributed by atoms with E-state index < -0.39 is 8.32 Å². The summed E-state index contributed by atoms with van der Waals surface area (Å²) in [4.78, 5) is 25.6. The molecule has 2 rings (SSSR count). The molecule has 2 atom stereocenters. The number of fused-ring (bicyclic) bond motifs is 1. The fraction of sp³-hybridized carbons (Fsp3) is 0.625. The Balaban J connectivity index is 2.26. The lowest BCUT2D eigenvalue weighted by molar-refractivity contribution is -0.138. The third kappa shape index (κ3) is 2.71. The van der Waals surface area contributed by atoms with Gasteiger partial charge in [0, 0.05) is 7.05 Å². The molecule has 4 nitrogen and oxygen atoms in total. The molecule has 1 aliphatic heterocycles. The van der Waals surface area contributed by atoms with Crippen molar-refractivity contribution in [1.82, 2.24) is 4.90 Å². The molecule has 0 saturated carbocycles. The first-order valence-electron chi connectivity index (χ1n) is 7.42. The molecule has 0 aromatic rings. The molecule has 0 aromatic carbocycles. The molecular weight excluding hydrogens is 282 g/mol. The Morgan fingerprint density at radius 1 is 1.29 bits per heavy atom. The summed E-state index contributed by atoms with van der Waals surface area (Å²) in [5.74, 6) is -0.800. The van der Waals surface area contributed by atoms with E-state index >= 15 is 0 Å². The summed E-state index contributed by atoms with van der Waals surface area (Å²) in [6.07, 6.45) is 6.26. The Bertz CT molecular complexity index is 528. The van der Waals surface area contributed by atoms with Crippen LogP contribution in [0.3, 0.4) is 0 Å². The van der Waals surface area contributed by atoms with E-state index in [1.54, 1.807) is 13.3 Å². The predicted molar refractivity (Wildman–Crippen MR) is 84.9 cm³/mol. The smallest absolute Gasteiger partial charge is 0.249 e. The second-order valence-electron chi connectivity index (χ2n) is 7.45. The maximum Gasteiger partial charge on any atom is 0.249 e. The lowest BCUT2D eigenvalue weighted by Gasteiger charge is -2.35. The van der Waals surface area contributed by atoms with Gasteiger partial charge in [-0.3, -0.25) is 14.5 Å². The third-order valence-corrected chi connectivity index (χ3v) is 9.32. The Hall–Kier alpha value is -1.36. The number of rotatable bonds is 2. The summed E-state index contributed by atoms with van der Waals surface area (Å²) >= 11 is 0. The number of carbonyl (C=O) groups is 2. The minimum Gasteiger partial charge on any atom is -0.549 e. The van der Waals surface area contributed by atoms with Gasteiger partial charge in [0.15, 0.2) is 0 Å². The number of likely N-dealkylation sites (tertiary alicyclic amines) is 1. The normalized spacial score (nSPS) is 28.3. The SMILES string of the molecule is CN1C(=O)[C@@H]2CC=C/C(=C/O[Si](C)(C)C(C)(C)C)[C@@H]2C1=O. The maximum absolute atomic E-state index is 12.3. The monoisotopic (exact) mass is 307 g/mol. The van der Waals surface area contributed by atoms with Crippen molar-refractivity contribution in [2.45, 2.75) is 45.3 Å². The second kappa shape index (κ2) is 5.12. The number of amides is 2. The molecular formula is C16H25NO3Si. The molecule has 2 amide bonds. The van der Waals surface area contributed by atoms with Crippen molar-refractivity contribution < 1.29 is 14.0 Å². The highest BCUT2D eigenvalue weighted by molar-refractivity contribution is 6.74. The van der Waals surface area contributed by atoms with Gasteiger partial charge in [0.2, 0.25) is 20.1 Å². The fourth-order valence-corrected chi connectivity index (χ4v) is 3.24. The Morgan fingerprint density at radius 3 is 2.48 bits per heavy atom. The van der Waals surface area contributed by atoms with E-state index in [0.29, 0.717) is 6.42 Å². The molecule has 0 bridgehead atoms. The lowest BCUT2D eigenvalue weighted by atomic mass is 9.82. The Kier molecular flexibility index (Phi) is 3.91. The number of imide groups is 1. The number of hydrogen-bond acceptors (Lipinski definition) is 3. The molecule has 2 aliphatic rings. The minimum atomic E-state index is -1.91. The number of nitrogens with zero attached hydrogens (tertiary/aromatic N) is 1. The molecule has 0 radical (unpaired) electrons. The van der Waals surface area contributed by atoms with Crippen LogP contribution >= 0.6 is 0 Å². The molecule has 1 saturated heterocycles. The molecule has 116 valence electrons. The molecule has 5 heteroatoms. The molecule has 0 unspecified atom stereocenters. The number of hydrogen-bond donors (Lipinski definition) is 0. The fourth-order valence-electron chi connectivity index (χ4n) is 2.45. The van der Waals surface area contributed by atoms with Crippen LogP contribution in [0.15, 0.2) is 24.0 Å². The highest BCUT2D eigenvalue weighted by atomic mass is 28.4. The zero-order valence-electron chi connectivity index (χ0n) is 13.8. The average Bonchev–Trinajstić information content (AvgIpc) is 2.61. The van der Waals surface area contributed by atoms with Gasteiger partial charge in [0.1, 0.15) is 0 Å². The topological polar surface area (TPSA) is 46.6 Å². The molecule has 1 heterocycles. The highest BCUT2D eigenvalue weighted by Crippen LogP contribution is 2.40. The first kappa shape index (κ1) is 16.0. The van der Waals surface area contributed by atoms with Crippen LogP contribution in [-0.2, 0) is 14.0 Å². The van der Waals surface area contributed by atoms with Crippen LogP contribution in [-0.4, -0.2) is 32.1 Å². The predicted octanol–water partition coefficient (Wildman–Crippen LogP) is 3.08. The van der Waals surface area contributed by atoms with Gasteiger partial charge >= 0.3 is 0 Å². The first-order valence-corrected chi connectivity index (χ1v) is 10.3. The van der Waals surface area contributed by atoms with Crippen LogP contribution in [0, 0.1) is 11.8 Å². The molecule has 1 aliphatic carbocycles. The van der Waals surface area contributed by atoms with Gasteiger partial charge in [0.05, 0.1) is 18.1 Å². The number of allylic oxidation sites excluding steroid dienone is 2. The van der Waals surface area contributed by atoms with E-state index in [2.05, 4.69) is 33.9 Å². The summed E-state index contributed by atoms with van der Waals surface area (Å²) in [5.41, 5.74) is 0.832. The quantitative estimate of drug-likeness (QED) is 0.447. The van der Waals surface area contributed by atoms with Crippen molar-refractivity contribution in [1.29, 1.82) is 0 Å². The van der Waals surface area contributed by atoms with E-state index in [4.69, 9.17) is 4.43 Å². The third-order valence-electron chi connectivity index (χ3n) is 5.00. The van der Waals surface area contributed by atoms with Gasteiger partial charge in [0.25, 0.3) is 0 Å². The summed E-state index contributed by atoms with van der Waals surface area (Å²) in [5, 5.41) is 0.105. The zero-order chi connectivity index (χ0) is 16.0. The first-order chi connectivity index (χ1) is 9.56. The van der Waals surface area contributed by atoms with Crippen LogP contribution in [0.25, 0.3) is 0 Å². The second-order valence-corrected chi connectivity index (χ2v) is 12.2. The summed E-state index contributed by atoms with van der Waals surface area (Å²) in [7, 11) is -0.344. The van der Waals surface area contributed by atoms with Crippen LogP contribution < -0.4 is 0 Å². The van der Waals surface area contributed by atoms with Gasteiger partial charge in [-0.15, -0.1) is 0 Å². The van der Waals surface area contributed by atoms with Gasteiger partial charge in [-0.05, 0) is 30.1 Å². The largest absolute Gasteiger partial charge is 0.549 e. The van der Waals surface area contributed by atoms with Crippen molar-refractivity contribution in [3.8, 4) is 0 Å². The van der Waals surface area contributed by atoms with Crippen molar-refractivity contribution in [3.05, 3.63) is 24.0 Å². The molecule has 1 fully saturated rings. The van der Waals surface area contributed by atoms with E-state index in [-0.39, 0.29) is 28.7 Å². The molecule has 0 spiro atoms. The Morgan fingerprint density at radius 2 is 1.90 bits per heavy atom. The van der Waals surface area contributed by atoms with E-state index in [1.807, 2.05) is 12.2 Å². The van der Waals surface area contributed by atoms with Gasteiger partial charge in [-0.1, -0.05) is 32.9 Å². The van der Waals surface area contributed by atoms with Crippen molar-refractivity contribution in [3.63, 3.8) is 0 Å². The highest BCUT2D eigenvalue weighted by Gasteiger charge is 2.48. The van der Waals surface area contributed by atoms with Crippen LogP contribution in [0.2, 0.25) is 18.1 Å². The van der Waals surface area contributed by atoms with Crippen molar-refractivity contribution in [2.24, 2.45) is 11.8 Å². The summed E-state index contributed by atoms with van der Waals surface area (Å²) in [6.45, 7) is 10.9. The van der Waals surface area contributed by atoms with Crippen LogP contribution in [0.5, 0.6) is 0 Å². The molecule has 0 N–H and O–H groups in total. The van der Waals surface area contributed by atoms with Gasteiger partial charge in [-0.25, -0.2) is 0 Å². The van der Waals surface area contributed by atoms with Gasteiger partial charge in [-0.2, -0.15) is 0 Å². The van der Waals surface area contributed by atoms with Gasteiger partial charge < -0.3 is 4.43 Å². The van der Waals surface area contributed by atoms with Crippen molar-refractivity contribution >= 4 is 20.1 Å². The number of carbonyl (C=O) groups excluding carboxylic acids is 2. The van der Waals surface area contributed by atoms with E-state index in [9.17, 15) is 9.59 Å². The molecule has 21 heavy (non-hydrogen) atoms. The standard InChI is InChI=1S/C16H25NO3Si/c1-16(2,3)21(5,6)20-10-11-8-7-9-12-13(11)15(19)17(4)14(12)18/h7-8,10,12-13H,9H2,1-6H3/b11-10-/t12-,13+/m1/s1. The molecule has 0 aromatic heterocycles. The van der Waals surface area contributed by atoms with E-state index in [1.165, 1.54) is 4.90 Å². The maximum atomic E-state index is 12.3. The van der Waals surface area contributed by atoms with Crippen molar-refractivity contribution in [2.75, 3.05) is 7.05 Å². The summed E-state index contributed by atoms with van der Waals surface area (Å²) < 4.78 is 6.10. The lowest BCUT2D eigenvalue weighted by Crippen LogP contribution is -2.39. The Labute approximate surface area is 128 Å². The zero-order valence-corrected chi connectivity index (χ0v) is 14.8. The summed E-state index contributed by atoms with van der Waals surface area (Å²) in [6, 6.07) is 0. The minimum absolute atomic E-state index is 0.0763.